The summed E-state index contributed by atoms with van der Waals surface area (Å²) in [6, 6.07) is 14.2. The zero-order valence-corrected chi connectivity index (χ0v) is 20.5. The number of amides is 2. The SMILES string of the molecule is C#CC[C@H](NC(=O)OC(C)(C)C)C(=O)N[C@@H](Cc1ccc(OC)cc1)C(=O)OCc1ccccc1. The Hall–Kier alpha value is -3.99. The molecule has 2 aromatic carbocycles. The molecular formula is C27H32N2O6. The number of methoxy groups -OCH3 is 1. The van der Waals surface area contributed by atoms with Gasteiger partial charge in [0.1, 0.15) is 30.0 Å². The molecule has 0 spiro atoms. The second-order valence-electron chi connectivity index (χ2n) is 8.81. The molecule has 8 nitrogen and oxygen atoms in total. The Labute approximate surface area is 206 Å². The molecule has 0 aliphatic carbocycles. The Morgan fingerprint density at radius 2 is 1.60 bits per heavy atom. The first-order chi connectivity index (χ1) is 16.6. The van der Waals surface area contributed by atoms with E-state index in [1.54, 1.807) is 52.1 Å². The minimum atomic E-state index is -1.09. The van der Waals surface area contributed by atoms with Crippen LogP contribution in [-0.2, 0) is 32.1 Å². The average Bonchev–Trinajstić information content (AvgIpc) is 2.81. The summed E-state index contributed by atoms with van der Waals surface area (Å²) in [7, 11) is 1.56. The number of ether oxygens (including phenoxy) is 3. The molecule has 0 bridgehead atoms. The molecule has 2 N–H and O–H groups in total. The van der Waals surface area contributed by atoms with E-state index < -0.39 is 35.7 Å². The summed E-state index contributed by atoms with van der Waals surface area (Å²) in [5, 5.41) is 5.14. The third-order valence-electron chi connectivity index (χ3n) is 4.75. The van der Waals surface area contributed by atoms with E-state index in [0.717, 1.165) is 11.1 Å². The lowest BCUT2D eigenvalue weighted by Gasteiger charge is -2.24. The Kier molecular flexibility index (Phi) is 10.2. The fraction of sp³-hybridized carbons (Fsp3) is 0.370. The Bertz CT molecular complexity index is 1020. The summed E-state index contributed by atoms with van der Waals surface area (Å²) >= 11 is 0. The number of rotatable bonds is 10. The normalized spacial score (nSPS) is 12.4. The number of terminal acetylenes is 1. The number of alkyl carbamates (subject to hydrolysis) is 1. The van der Waals surface area contributed by atoms with Crippen molar-refractivity contribution in [3.05, 3.63) is 65.7 Å². The molecule has 2 aromatic rings. The van der Waals surface area contributed by atoms with Gasteiger partial charge >= 0.3 is 12.1 Å². The van der Waals surface area contributed by atoms with Crippen molar-refractivity contribution in [3.63, 3.8) is 0 Å². The van der Waals surface area contributed by atoms with Crippen LogP contribution < -0.4 is 15.4 Å². The van der Waals surface area contributed by atoms with Gasteiger partial charge in [-0.3, -0.25) is 4.79 Å². The van der Waals surface area contributed by atoms with E-state index in [9.17, 15) is 14.4 Å². The lowest BCUT2D eigenvalue weighted by molar-refractivity contribution is -0.149. The highest BCUT2D eigenvalue weighted by molar-refractivity contribution is 5.90. The van der Waals surface area contributed by atoms with Crippen molar-refractivity contribution in [1.29, 1.82) is 0 Å². The summed E-state index contributed by atoms with van der Waals surface area (Å²) in [4.78, 5) is 38.2. The number of nitrogens with one attached hydrogen (secondary N) is 2. The molecule has 0 aliphatic heterocycles. The summed E-state index contributed by atoms with van der Waals surface area (Å²) in [5.74, 6) is 1.79. The molecule has 2 atom stereocenters. The first kappa shape index (κ1) is 27.3. The minimum absolute atomic E-state index is 0.0542. The van der Waals surface area contributed by atoms with Gasteiger partial charge in [-0.1, -0.05) is 42.5 Å². The molecule has 2 rings (SSSR count). The van der Waals surface area contributed by atoms with Gasteiger partial charge in [-0.2, -0.15) is 0 Å². The van der Waals surface area contributed by atoms with E-state index >= 15 is 0 Å². The largest absolute Gasteiger partial charge is 0.497 e. The molecule has 2 amide bonds. The van der Waals surface area contributed by atoms with E-state index in [0.29, 0.717) is 5.75 Å². The van der Waals surface area contributed by atoms with Gasteiger partial charge in [0, 0.05) is 12.8 Å². The van der Waals surface area contributed by atoms with E-state index in [2.05, 4.69) is 16.6 Å². The maximum atomic E-state index is 13.0. The third kappa shape index (κ3) is 9.80. The molecule has 186 valence electrons. The predicted molar refractivity (Wildman–Crippen MR) is 131 cm³/mol. The van der Waals surface area contributed by atoms with Crippen LogP contribution >= 0.6 is 0 Å². The van der Waals surface area contributed by atoms with Gasteiger partial charge < -0.3 is 24.8 Å². The Morgan fingerprint density at radius 3 is 2.17 bits per heavy atom. The van der Waals surface area contributed by atoms with Crippen molar-refractivity contribution in [2.24, 2.45) is 0 Å². The van der Waals surface area contributed by atoms with Crippen LogP contribution in [0.25, 0.3) is 0 Å². The summed E-state index contributed by atoms with van der Waals surface area (Å²) in [6.45, 7) is 5.17. The quantitative estimate of drug-likeness (QED) is 0.399. The molecule has 0 unspecified atom stereocenters. The van der Waals surface area contributed by atoms with Gasteiger partial charge in [0.25, 0.3) is 0 Å². The Balaban J connectivity index is 2.15. The highest BCUT2D eigenvalue weighted by Gasteiger charge is 2.29. The topological polar surface area (TPSA) is 103 Å². The van der Waals surface area contributed by atoms with Crippen molar-refractivity contribution in [1.82, 2.24) is 10.6 Å². The molecule has 0 saturated heterocycles. The lowest BCUT2D eigenvalue weighted by Crippen LogP contribution is -2.53. The molecule has 0 aliphatic rings. The van der Waals surface area contributed by atoms with Crippen LogP contribution in [0, 0.1) is 12.3 Å². The zero-order chi connectivity index (χ0) is 25.8. The summed E-state index contributed by atoms with van der Waals surface area (Å²) < 4.78 is 15.9. The van der Waals surface area contributed by atoms with E-state index in [1.165, 1.54) is 0 Å². The lowest BCUT2D eigenvalue weighted by atomic mass is 10.0. The maximum absolute atomic E-state index is 13.0. The Morgan fingerprint density at radius 1 is 0.943 bits per heavy atom. The molecule has 0 heterocycles. The van der Waals surface area contributed by atoms with Crippen LogP contribution in [0.5, 0.6) is 5.75 Å². The summed E-state index contributed by atoms with van der Waals surface area (Å²) in [5.41, 5.74) is 0.841. The van der Waals surface area contributed by atoms with Gasteiger partial charge in [-0.15, -0.1) is 12.3 Å². The maximum Gasteiger partial charge on any atom is 0.408 e. The number of carbonyl (C=O) groups is 3. The average molecular weight is 481 g/mol. The standard InChI is InChI=1S/C27H32N2O6/c1-6-10-22(29-26(32)35-27(2,3)4)24(30)28-23(17-19-13-15-21(33-5)16-14-19)25(31)34-18-20-11-8-7-9-12-20/h1,7-9,11-16,22-23H,10,17-18H2,2-5H3,(H,28,30)(H,29,32)/t22-,23-/m0/s1. The first-order valence-electron chi connectivity index (χ1n) is 11.2. The highest BCUT2D eigenvalue weighted by atomic mass is 16.6. The highest BCUT2D eigenvalue weighted by Crippen LogP contribution is 2.14. The van der Waals surface area contributed by atoms with Crippen molar-refractivity contribution in [2.45, 2.75) is 57.9 Å². The predicted octanol–water partition coefficient (Wildman–Crippen LogP) is 3.38. The number of benzene rings is 2. The van der Waals surface area contributed by atoms with Gasteiger partial charge in [0.2, 0.25) is 5.91 Å². The van der Waals surface area contributed by atoms with Crippen molar-refractivity contribution >= 4 is 18.0 Å². The van der Waals surface area contributed by atoms with Crippen LogP contribution in [-0.4, -0.2) is 42.8 Å². The number of carbonyl (C=O) groups excluding carboxylic acids is 3. The van der Waals surface area contributed by atoms with Gasteiger partial charge in [-0.05, 0) is 44.0 Å². The van der Waals surface area contributed by atoms with Crippen molar-refractivity contribution < 1.29 is 28.6 Å². The molecule has 35 heavy (non-hydrogen) atoms. The monoisotopic (exact) mass is 480 g/mol. The van der Waals surface area contributed by atoms with Crippen LogP contribution in [0.4, 0.5) is 4.79 Å². The molecule has 0 radical (unpaired) electrons. The van der Waals surface area contributed by atoms with E-state index in [-0.39, 0.29) is 19.4 Å². The number of hydrogen-bond acceptors (Lipinski definition) is 6. The second-order valence-corrected chi connectivity index (χ2v) is 8.81. The smallest absolute Gasteiger partial charge is 0.408 e. The van der Waals surface area contributed by atoms with E-state index in [4.69, 9.17) is 20.6 Å². The van der Waals surface area contributed by atoms with Crippen LogP contribution in [0.15, 0.2) is 54.6 Å². The van der Waals surface area contributed by atoms with Crippen LogP contribution in [0.2, 0.25) is 0 Å². The van der Waals surface area contributed by atoms with Crippen molar-refractivity contribution in [2.75, 3.05) is 7.11 Å². The van der Waals surface area contributed by atoms with Crippen molar-refractivity contribution in [3.8, 4) is 18.1 Å². The molecule has 8 heteroatoms. The molecule has 0 saturated carbocycles. The fourth-order valence-electron chi connectivity index (χ4n) is 3.07. The third-order valence-corrected chi connectivity index (χ3v) is 4.75. The molecule has 0 fully saturated rings. The van der Waals surface area contributed by atoms with Gasteiger partial charge in [0.15, 0.2) is 0 Å². The minimum Gasteiger partial charge on any atom is -0.497 e. The second kappa shape index (κ2) is 13.0. The molecular weight excluding hydrogens is 448 g/mol. The zero-order valence-electron chi connectivity index (χ0n) is 20.5. The number of hydrogen-bond donors (Lipinski definition) is 2. The van der Waals surface area contributed by atoms with Crippen LogP contribution in [0.3, 0.4) is 0 Å². The van der Waals surface area contributed by atoms with E-state index in [1.807, 2.05) is 30.3 Å². The van der Waals surface area contributed by atoms with Gasteiger partial charge in [0.05, 0.1) is 7.11 Å². The first-order valence-corrected chi connectivity index (χ1v) is 11.2. The fourth-order valence-corrected chi connectivity index (χ4v) is 3.07. The number of esters is 1. The van der Waals surface area contributed by atoms with Gasteiger partial charge in [-0.25, -0.2) is 9.59 Å². The summed E-state index contributed by atoms with van der Waals surface area (Å²) in [6.07, 6.45) is 4.69. The molecule has 0 aromatic heterocycles. The van der Waals surface area contributed by atoms with Crippen LogP contribution in [0.1, 0.15) is 38.3 Å².